The second-order valence-electron chi connectivity index (χ2n) is 5.08. The van der Waals surface area contributed by atoms with Crippen molar-refractivity contribution in [3.05, 3.63) is 75.7 Å². The van der Waals surface area contributed by atoms with E-state index in [-0.39, 0.29) is 5.69 Å². The molecular formula is C16H13FN2O2. The number of non-ortho nitro benzene ring substituents is 1. The molecule has 5 heteroatoms. The molecule has 3 aromatic rings. The second kappa shape index (κ2) is 5.01. The van der Waals surface area contributed by atoms with Gasteiger partial charge in [0.2, 0.25) is 0 Å². The van der Waals surface area contributed by atoms with E-state index in [1.54, 1.807) is 0 Å². The Balaban J connectivity index is 2.00. The average Bonchev–Trinajstić information content (AvgIpc) is 2.80. The summed E-state index contributed by atoms with van der Waals surface area (Å²) >= 11 is 0. The molecule has 0 aliphatic carbocycles. The van der Waals surface area contributed by atoms with Gasteiger partial charge < -0.3 is 4.57 Å². The van der Waals surface area contributed by atoms with Crippen molar-refractivity contribution in [3.63, 3.8) is 0 Å². The molecule has 1 aromatic heterocycles. The molecule has 0 saturated heterocycles. The standard InChI is InChI=1S/C16H13FN2O2/c1-11-2-3-16-13(6-11)4-5-18(16)10-12-7-14(17)9-15(8-12)19(20)21/h2-9H,10H2,1H3. The third-order valence-electron chi connectivity index (χ3n) is 3.43. The molecule has 0 aliphatic rings. The van der Waals surface area contributed by atoms with Crippen molar-refractivity contribution in [3.8, 4) is 0 Å². The first-order valence-electron chi connectivity index (χ1n) is 6.52. The van der Waals surface area contributed by atoms with E-state index in [0.29, 0.717) is 12.1 Å². The third-order valence-corrected chi connectivity index (χ3v) is 3.43. The van der Waals surface area contributed by atoms with Crippen LogP contribution in [0.3, 0.4) is 0 Å². The van der Waals surface area contributed by atoms with Gasteiger partial charge in [-0.2, -0.15) is 0 Å². The van der Waals surface area contributed by atoms with Gasteiger partial charge in [0, 0.05) is 24.3 Å². The molecule has 0 fully saturated rings. The number of hydrogen-bond donors (Lipinski definition) is 0. The van der Waals surface area contributed by atoms with E-state index in [9.17, 15) is 14.5 Å². The van der Waals surface area contributed by atoms with Gasteiger partial charge in [-0.25, -0.2) is 4.39 Å². The van der Waals surface area contributed by atoms with Gasteiger partial charge in [0.25, 0.3) is 5.69 Å². The highest BCUT2D eigenvalue weighted by molar-refractivity contribution is 5.80. The predicted octanol–water partition coefficient (Wildman–Crippen LogP) is 4.05. The first kappa shape index (κ1) is 13.3. The minimum Gasteiger partial charge on any atom is -0.343 e. The van der Waals surface area contributed by atoms with Crippen LogP contribution in [0.4, 0.5) is 10.1 Å². The van der Waals surface area contributed by atoms with Crippen molar-refractivity contribution in [2.24, 2.45) is 0 Å². The van der Waals surface area contributed by atoms with Crippen LogP contribution >= 0.6 is 0 Å². The van der Waals surface area contributed by atoms with Crippen LogP contribution in [-0.4, -0.2) is 9.49 Å². The molecule has 0 atom stereocenters. The van der Waals surface area contributed by atoms with Crippen LogP contribution in [0.15, 0.2) is 48.7 Å². The Bertz CT molecular complexity index is 839. The number of aromatic nitrogens is 1. The van der Waals surface area contributed by atoms with Gasteiger partial charge in [-0.15, -0.1) is 0 Å². The average molecular weight is 284 g/mol. The number of aryl methyl sites for hydroxylation is 1. The topological polar surface area (TPSA) is 48.1 Å². The minimum absolute atomic E-state index is 0.225. The number of benzene rings is 2. The summed E-state index contributed by atoms with van der Waals surface area (Å²) in [6, 6.07) is 11.7. The number of fused-ring (bicyclic) bond motifs is 1. The number of nitrogens with zero attached hydrogens (tertiary/aromatic N) is 2. The summed E-state index contributed by atoms with van der Waals surface area (Å²) in [5, 5.41) is 11.9. The SMILES string of the molecule is Cc1ccc2c(ccn2Cc2cc(F)cc([N+](=O)[O-])c2)c1. The van der Waals surface area contributed by atoms with E-state index in [1.165, 1.54) is 17.7 Å². The van der Waals surface area contributed by atoms with Gasteiger partial charge in [0.1, 0.15) is 5.82 Å². The van der Waals surface area contributed by atoms with E-state index in [4.69, 9.17) is 0 Å². The van der Waals surface area contributed by atoms with Crippen molar-refractivity contribution >= 4 is 16.6 Å². The lowest BCUT2D eigenvalue weighted by atomic mass is 10.1. The Hall–Kier alpha value is -2.69. The fourth-order valence-electron chi connectivity index (χ4n) is 2.48. The van der Waals surface area contributed by atoms with Crippen molar-refractivity contribution < 1.29 is 9.31 Å². The molecule has 106 valence electrons. The van der Waals surface area contributed by atoms with Gasteiger partial charge >= 0.3 is 0 Å². The summed E-state index contributed by atoms with van der Waals surface area (Å²) in [6.45, 7) is 2.41. The monoisotopic (exact) mass is 284 g/mol. The maximum absolute atomic E-state index is 13.5. The summed E-state index contributed by atoms with van der Waals surface area (Å²) in [4.78, 5) is 10.2. The summed E-state index contributed by atoms with van der Waals surface area (Å²) in [7, 11) is 0. The highest BCUT2D eigenvalue weighted by atomic mass is 19.1. The molecule has 21 heavy (non-hydrogen) atoms. The quantitative estimate of drug-likeness (QED) is 0.538. The molecule has 0 aliphatic heterocycles. The molecule has 1 heterocycles. The normalized spacial score (nSPS) is 11.0. The summed E-state index contributed by atoms with van der Waals surface area (Å²) < 4.78 is 15.4. The summed E-state index contributed by atoms with van der Waals surface area (Å²) in [5.74, 6) is -0.591. The molecular weight excluding hydrogens is 271 g/mol. The zero-order valence-electron chi connectivity index (χ0n) is 11.4. The Labute approximate surface area is 120 Å². The second-order valence-corrected chi connectivity index (χ2v) is 5.08. The van der Waals surface area contributed by atoms with Crippen molar-refractivity contribution in [1.82, 2.24) is 4.57 Å². The smallest absolute Gasteiger partial charge is 0.272 e. The van der Waals surface area contributed by atoms with Crippen LogP contribution in [-0.2, 0) is 6.54 Å². The van der Waals surface area contributed by atoms with Crippen LogP contribution in [0.1, 0.15) is 11.1 Å². The molecule has 0 saturated carbocycles. The Kier molecular flexibility index (Phi) is 3.17. The first-order valence-corrected chi connectivity index (χ1v) is 6.52. The van der Waals surface area contributed by atoms with E-state index in [2.05, 4.69) is 6.07 Å². The number of nitro benzene ring substituents is 1. The van der Waals surface area contributed by atoms with Gasteiger partial charge in [0.05, 0.1) is 11.0 Å². The number of halogens is 1. The van der Waals surface area contributed by atoms with Crippen LogP contribution in [0.5, 0.6) is 0 Å². The minimum atomic E-state index is -0.591. The van der Waals surface area contributed by atoms with Crippen molar-refractivity contribution in [1.29, 1.82) is 0 Å². The lowest BCUT2D eigenvalue weighted by molar-refractivity contribution is -0.385. The van der Waals surface area contributed by atoms with Crippen LogP contribution in [0, 0.1) is 22.9 Å². The lowest BCUT2D eigenvalue weighted by Gasteiger charge is -2.06. The van der Waals surface area contributed by atoms with Gasteiger partial charge in [0.15, 0.2) is 0 Å². The number of nitro groups is 1. The van der Waals surface area contributed by atoms with Gasteiger partial charge in [-0.1, -0.05) is 11.6 Å². The van der Waals surface area contributed by atoms with Crippen molar-refractivity contribution in [2.75, 3.05) is 0 Å². The van der Waals surface area contributed by atoms with Gasteiger partial charge in [-0.05, 0) is 42.1 Å². The lowest BCUT2D eigenvalue weighted by Crippen LogP contribution is -2.00. The fourth-order valence-corrected chi connectivity index (χ4v) is 2.48. The van der Waals surface area contributed by atoms with E-state index >= 15 is 0 Å². The molecule has 0 unspecified atom stereocenters. The largest absolute Gasteiger partial charge is 0.343 e. The number of hydrogen-bond acceptors (Lipinski definition) is 2. The number of rotatable bonds is 3. The summed E-state index contributed by atoms with van der Waals surface area (Å²) in [6.07, 6.45) is 1.90. The van der Waals surface area contributed by atoms with E-state index in [0.717, 1.165) is 17.0 Å². The highest BCUT2D eigenvalue weighted by Crippen LogP contribution is 2.21. The Morgan fingerprint density at radius 3 is 2.76 bits per heavy atom. The summed E-state index contributed by atoms with van der Waals surface area (Å²) in [5.41, 5.74) is 2.53. The predicted molar refractivity (Wildman–Crippen MR) is 78.8 cm³/mol. The van der Waals surface area contributed by atoms with E-state index < -0.39 is 10.7 Å². The highest BCUT2D eigenvalue weighted by Gasteiger charge is 2.11. The molecule has 0 N–H and O–H groups in total. The zero-order valence-corrected chi connectivity index (χ0v) is 11.4. The molecule has 0 radical (unpaired) electrons. The maximum atomic E-state index is 13.5. The first-order chi connectivity index (χ1) is 10.0. The van der Waals surface area contributed by atoms with Crippen LogP contribution in [0.25, 0.3) is 10.9 Å². The zero-order chi connectivity index (χ0) is 15.0. The molecule has 3 rings (SSSR count). The maximum Gasteiger partial charge on any atom is 0.272 e. The molecule has 0 bridgehead atoms. The Morgan fingerprint density at radius 2 is 2.00 bits per heavy atom. The van der Waals surface area contributed by atoms with E-state index in [1.807, 2.05) is 35.9 Å². The molecule has 4 nitrogen and oxygen atoms in total. The van der Waals surface area contributed by atoms with Gasteiger partial charge in [-0.3, -0.25) is 10.1 Å². The Morgan fingerprint density at radius 1 is 1.19 bits per heavy atom. The molecule has 0 spiro atoms. The fraction of sp³-hybridized carbons (Fsp3) is 0.125. The van der Waals surface area contributed by atoms with Crippen LogP contribution in [0.2, 0.25) is 0 Å². The molecule has 2 aromatic carbocycles. The molecule has 0 amide bonds. The van der Waals surface area contributed by atoms with Crippen LogP contribution < -0.4 is 0 Å². The third kappa shape index (κ3) is 2.63. The van der Waals surface area contributed by atoms with Crippen molar-refractivity contribution in [2.45, 2.75) is 13.5 Å².